The molecule has 1 aromatic carbocycles. The number of aromatic nitrogens is 1. The molecule has 0 spiro atoms. The van der Waals surface area contributed by atoms with Gasteiger partial charge in [-0.15, -0.1) is 11.3 Å². The van der Waals surface area contributed by atoms with Gasteiger partial charge in [0.1, 0.15) is 0 Å². The van der Waals surface area contributed by atoms with Crippen LogP contribution in [0.5, 0.6) is 0 Å². The van der Waals surface area contributed by atoms with Crippen LogP contribution in [0.2, 0.25) is 0 Å². The minimum atomic E-state index is 0.127. The maximum Gasteiger partial charge on any atom is 0.228 e. The average molecular weight is 357 g/mol. The summed E-state index contributed by atoms with van der Waals surface area (Å²) in [6.45, 7) is 6.34. The van der Waals surface area contributed by atoms with Crippen LogP contribution in [0.4, 0.5) is 0 Å². The molecule has 0 radical (unpaired) electrons. The standard InChI is InChI=1S/C19H23N3O2S/c1-14-17(25-15(2)20-14)13-19(24)22-10-8-21(9-11-22)18(23)12-16-6-4-3-5-7-16/h3-7H,8-13H2,1-2H3. The molecule has 0 saturated carbocycles. The van der Waals surface area contributed by atoms with E-state index >= 15 is 0 Å². The van der Waals surface area contributed by atoms with Crippen LogP contribution in [0, 0.1) is 13.8 Å². The third-order valence-electron chi connectivity index (χ3n) is 4.49. The summed E-state index contributed by atoms with van der Waals surface area (Å²) >= 11 is 1.59. The summed E-state index contributed by atoms with van der Waals surface area (Å²) in [5.74, 6) is 0.258. The van der Waals surface area contributed by atoms with Crippen molar-refractivity contribution in [2.45, 2.75) is 26.7 Å². The molecule has 5 nitrogen and oxygen atoms in total. The van der Waals surface area contributed by atoms with Crippen LogP contribution in [0.3, 0.4) is 0 Å². The minimum absolute atomic E-state index is 0.127. The van der Waals surface area contributed by atoms with Crippen LogP contribution in [-0.4, -0.2) is 52.8 Å². The Morgan fingerprint density at radius 2 is 1.52 bits per heavy atom. The van der Waals surface area contributed by atoms with Gasteiger partial charge in [0.15, 0.2) is 0 Å². The fraction of sp³-hybridized carbons (Fsp3) is 0.421. The predicted octanol–water partition coefficient (Wildman–Crippen LogP) is 2.22. The van der Waals surface area contributed by atoms with Gasteiger partial charge >= 0.3 is 0 Å². The lowest BCUT2D eigenvalue weighted by Gasteiger charge is -2.35. The van der Waals surface area contributed by atoms with E-state index in [-0.39, 0.29) is 11.8 Å². The Kier molecular flexibility index (Phi) is 5.48. The summed E-state index contributed by atoms with van der Waals surface area (Å²) < 4.78 is 0. The van der Waals surface area contributed by atoms with Gasteiger partial charge in [0, 0.05) is 31.1 Å². The Labute approximate surface area is 152 Å². The molecule has 1 aromatic heterocycles. The SMILES string of the molecule is Cc1nc(C)c(CC(=O)N2CCN(C(=O)Cc3ccccc3)CC2)s1. The molecule has 3 rings (SSSR count). The third kappa shape index (κ3) is 4.45. The van der Waals surface area contributed by atoms with Crippen molar-refractivity contribution >= 4 is 23.2 Å². The molecule has 0 N–H and O–H groups in total. The number of hydrogen-bond donors (Lipinski definition) is 0. The van der Waals surface area contributed by atoms with Crippen molar-refractivity contribution in [2.75, 3.05) is 26.2 Å². The lowest BCUT2D eigenvalue weighted by molar-refractivity contribution is -0.138. The first kappa shape index (κ1) is 17.6. The molecule has 1 aliphatic rings. The van der Waals surface area contributed by atoms with Crippen LogP contribution in [-0.2, 0) is 22.4 Å². The van der Waals surface area contributed by atoms with Gasteiger partial charge in [0.2, 0.25) is 11.8 Å². The fourth-order valence-electron chi connectivity index (χ4n) is 3.07. The molecule has 132 valence electrons. The smallest absolute Gasteiger partial charge is 0.228 e. The first-order valence-corrected chi connectivity index (χ1v) is 9.37. The number of benzene rings is 1. The maximum atomic E-state index is 12.5. The summed E-state index contributed by atoms with van der Waals surface area (Å²) in [4.78, 5) is 34.0. The number of nitrogens with zero attached hydrogens (tertiary/aromatic N) is 3. The molecule has 0 aliphatic carbocycles. The summed E-state index contributed by atoms with van der Waals surface area (Å²) in [5.41, 5.74) is 1.98. The van der Waals surface area contributed by atoms with Crippen molar-refractivity contribution in [1.82, 2.24) is 14.8 Å². The van der Waals surface area contributed by atoms with Crippen molar-refractivity contribution in [3.8, 4) is 0 Å². The van der Waals surface area contributed by atoms with Gasteiger partial charge < -0.3 is 9.80 Å². The molecule has 2 aromatic rings. The van der Waals surface area contributed by atoms with Crippen LogP contribution in [0.25, 0.3) is 0 Å². The van der Waals surface area contributed by atoms with E-state index in [1.165, 1.54) is 0 Å². The van der Waals surface area contributed by atoms with E-state index < -0.39 is 0 Å². The summed E-state index contributed by atoms with van der Waals surface area (Å²) in [6.07, 6.45) is 0.837. The topological polar surface area (TPSA) is 53.5 Å². The van der Waals surface area contributed by atoms with E-state index in [4.69, 9.17) is 0 Å². The molecule has 25 heavy (non-hydrogen) atoms. The number of hydrogen-bond acceptors (Lipinski definition) is 4. The van der Waals surface area contributed by atoms with Crippen molar-refractivity contribution in [1.29, 1.82) is 0 Å². The van der Waals surface area contributed by atoms with Crippen molar-refractivity contribution in [3.05, 3.63) is 51.5 Å². The molecule has 6 heteroatoms. The summed E-state index contributed by atoms with van der Waals surface area (Å²) in [5, 5.41) is 0.997. The van der Waals surface area contributed by atoms with Crippen LogP contribution in [0.1, 0.15) is 21.1 Å². The zero-order valence-corrected chi connectivity index (χ0v) is 15.5. The normalized spacial score (nSPS) is 14.6. The Morgan fingerprint density at radius 1 is 0.960 bits per heavy atom. The van der Waals surface area contributed by atoms with E-state index in [1.807, 2.05) is 54.0 Å². The zero-order valence-electron chi connectivity index (χ0n) is 14.7. The Hall–Kier alpha value is -2.21. The Balaban J connectivity index is 1.50. The van der Waals surface area contributed by atoms with Crippen LogP contribution >= 0.6 is 11.3 Å². The van der Waals surface area contributed by atoms with Crippen LogP contribution < -0.4 is 0 Å². The van der Waals surface area contributed by atoms with E-state index in [2.05, 4.69) is 4.98 Å². The Morgan fingerprint density at radius 3 is 2.04 bits per heavy atom. The van der Waals surface area contributed by atoms with E-state index in [1.54, 1.807) is 11.3 Å². The summed E-state index contributed by atoms with van der Waals surface area (Å²) in [6, 6.07) is 9.78. The molecular weight excluding hydrogens is 334 g/mol. The number of piperazine rings is 1. The molecule has 1 saturated heterocycles. The highest BCUT2D eigenvalue weighted by Gasteiger charge is 2.24. The van der Waals surface area contributed by atoms with Gasteiger partial charge in [-0.05, 0) is 19.4 Å². The van der Waals surface area contributed by atoms with Gasteiger partial charge in [-0.1, -0.05) is 30.3 Å². The predicted molar refractivity (Wildman–Crippen MR) is 98.6 cm³/mol. The van der Waals surface area contributed by atoms with Gasteiger partial charge in [-0.2, -0.15) is 0 Å². The highest BCUT2D eigenvalue weighted by atomic mass is 32.1. The lowest BCUT2D eigenvalue weighted by atomic mass is 10.1. The van der Waals surface area contributed by atoms with Gasteiger partial charge in [0.05, 0.1) is 23.5 Å². The van der Waals surface area contributed by atoms with Crippen molar-refractivity contribution in [3.63, 3.8) is 0 Å². The number of amides is 2. The van der Waals surface area contributed by atoms with Gasteiger partial charge in [0.25, 0.3) is 0 Å². The lowest BCUT2D eigenvalue weighted by Crippen LogP contribution is -2.51. The van der Waals surface area contributed by atoms with Crippen molar-refractivity contribution < 1.29 is 9.59 Å². The second-order valence-corrected chi connectivity index (χ2v) is 7.63. The fourth-order valence-corrected chi connectivity index (χ4v) is 4.00. The van der Waals surface area contributed by atoms with Crippen LogP contribution in [0.15, 0.2) is 30.3 Å². The second-order valence-electron chi connectivity index (χ2n) is 6.34. The quantitative estimate of drug-likeness (QED) is 0.843. The number of carbonyl (C=O) groups excluding carboxylic acids is 2. The molecule has 2 heterocycles. The molecule has 1 aliphatic heterocycles. The monoisotopic (exact) mass is 357 g/mol. The maximum absolute atomic E-state index is 12.5. The number of carbonyl (C=O) groups is 2. The van der Waals surface area contributed by atoms with Gasteiger partial charge in [-0.25, -0.2) is 4.98 Å². The third-order valence-corrected chi connectivity index (χ3v) is 5.57. The largest absolute Gasteiger partial charge is 0.339 e. The Bertz CT molecular complexity index is 749. The summed E-state index contributed by atoms with van der Waals surface area (Å²) in [7, 11) is 0. The highest BCUT2D eigenvalue weighted by molar-refractivity contribution is 7.11. The molecule has 0 bridgehead atoms. The van der Waals surface area contributed by atoms with E-state index in [0.717, 1.165) is 21.1 Å². The zero-order chi connectivity index (χ0) is 17.8. The molecular formula is C19H23N3O2S. The van der Waals surface area contributed by atoms with E-state index in [9.17, 15) is 9.59 Å². The molecule has 1 fully saturated rings. The second kappa shape index (κ2) is 7.78. The first-order chi connectivity index (χ1) is 12.0. The molecule has 2 amide bonds. The average Bonchev–Trinajstić information content (AvgIpc) is 2.93. The number of aryl methyl sites for hydroxylation is 2. The minimum Gasteiger partial charge on any atom is -0.339 e. The van der Waals surface area contributed by atoms with Crippen molar-refractivity contribution in [2.24, 2.45) is 0 Å². The first-order valence-electron chi connectivity index (χ1n) is 8.55. The molecule has 0 atom stereocenters. The highest BCUT2D eigenvalue weighted by Crippen LogP contribution is 2.19. The molecule has 0 unspecified atom stereocenters. The van der Waals surface area contributed by atoms with E-state index in [0.29, 0.717) is 39.0 Å². The number of thiazole rings is 1. The van der Waals surface area contributed by atoms with Gasteiger partial charge in [-0.3, -0.25) is 9.59 Å². The number of rotatable bonds is 4.